The lowest BCUT2D eigenvalue weighted by Gasteiger charge is -2.20. The van der Waals surface area contributed by atoms with E-state index in [9.17, 15) is 18.0 Å². The van der Waals surface area contributed by atoms with Gasteiger partial charge in [0.25, 0.3) is 0 Å². The zero-order valence-electron chi connectivity index (χ0n) is 10.4. The quantitative estimate of drug-likeness (QED) is 0.864. The number of halogens is 3. The van der Waals surface area contributed by atoms with Crippen LogP contribution in [0.2, 0.25) is 0 Å². The maximum atomic E-state index is 12.3. The van der Waals surface area contributed by atoms with Crippen molar-refractivity contribution in [2.45, 2.75) is 32.5 Å². The first kappa shape index (κ1) is 15.2. The molecule has 0 aliphatic rings. The first-order valence-corrected chi connectivity index (χ1v) is 5.66. The lowest BCUT2D eigenvalue weighted by molar-refractivity contribution is -0.142. The van der Waals surface area contributed by atoms with Gasteiger partial charge in [0, 0.05) is 0 Å². The molecule has 5 nitrogen and oxygen atoms in total. The van der Waals surface area contributed by atoms with Gasteiger partial charge in [0.15, 0.2) is 5.69 Å². The summed E-state index contributed by atoms with van der Waals surface area (Å²) in [7, 11) is 0. The molecule has 0 radical (unpaired) electrons. The van der Waals surface area contributed by atoms with Gasteiger partial charge in [-0.1, -0.05) is 20.3 Å². The maximum absolute atomic E-state index is 12.3. The molecule has 0 aromatic carbocycles. The molecule has 0 saturated heterocycles. The van der Waals surface area contributed by atoms with Crippen LogP contribution in [0.1, 0.15) is 26.0 Å². The monoisotopic (exact) mass is 277 g/mol. The lowest BCUT2D eigenvalue weighted by atomic mass is 9.99. The minimum atomic E-state index is -4.56. The molecule has 0 fully saturated rings. The Morgan fingerprint density at radius 3 is 2.42 bits per heavy atom. The van der Waals surface area contributed by atoms with E-state index in [1.54, 1.807) is 6.92 Å². The zero-order chi connectivity index (χ0) is 14.6. The summed E-state index contributed by atoms with van der Waals surface area (Å²) in [4.78, 5) is 11.0. The van der Waals surface area contributed by atoms with Crippen LogP contribution >= 0.6 is 0 Å². The highest BCUT2D eigenvalue weighted by Crippen LogP contribution is 2.27. The highest BCUT2D eigenvalue weighted by molar-refractivity contribution is 5.77. The van der Waals surface area contributed by atoms with Gasteiger partial charge in [-0.3, -0.25) is 0 Å². The molecule has 0 saturated carbocycles. The Morgan fingerprint density at radius 2 is 2.05 bits per heavy atom. The summed E-state index contributed by atoms with van der Waals surface area (Å²) in [6, 6.07) is 0.898. The van der Waals surface area contributed by atoms with Crippen molar-refractivity contribution in [2.24, 2.45) is 5.92 Å². The molecule has 0 aliphatic heterocycles. The first-order valence-electron chi connectivity index (χ1n) is 5.66. The number of carbonyl (C=O) groups is 1. The summed E-state index contributed by atoms with van der Waals surface area (Å²) in [5, 5.41) is 18.0. The third-order valence-electron chi connectivity index (χ3n) is 2.74. The molecule has 1 aromatic rings. The van der Waals surface area contributed by atoms with Gasteiger partial charge in [0.2, 0.25) is 0 Å². The van der Waals surface area contributed by atoms with Crippen LogP contribution in [0.5, 0.6) is 0 Å². The van der Waals surface area contributed by atoms with Crippen LogP contribution in [-0.4, -0.2) is 27.3 Å². The Hall–Kier alpha value is -1.86. The van der Waals surface area contributed by atoms with Crippen molar-refractivity contribution in [3.05, 3.63) is 17.8 Å². The van der Waals surface area contributed by atoms with E-state index in [1.165, 1.54) is 0 Å². The third-order valence-corrected chi connectivity index (χ3v) is 2.74. The van der Waals surface area contributed by atoms with Crippen LogP contribution in [0.15, 0.2) is 12.1 Å². The SMILES string of the molecule is CC[C@H](C)[C@H](Nc1ccc(C(F)(F)F)nn1)C(=O)O. The number of anilines is 1. The van der Waals surface area contributed by atoms with Crippen molar-refractivity contribution in [1.82, 2.24) is 10.2 Å². The summed E-state index contributed by atoms with van der Waals surface area (Å²) in [5.74, 6) is -1.28. The summed E-state index contributed by atoms with van der Waals surface area (Å²) in [6.07, 6.45) is -3.95. The smallest absolute Gasteiger partial charge is 0.435 e. The Labute approximate surface area is 107 Å². The summed E-state index contributed by atoms with van der Waals surface area (Å²) < 4.78 is 36.8. The Bertz CT molecular complexity index is 434. The fourth-order valence-corrected chi connectivity index (χ4v) is 1.40. The average Bonchev–Trinajstić information content (AvgIpc) is 2.34. The molecule has 1 rings (SSSR count). The van der Waals surface area contributed by atoms with Crippen molar-refractivity contribution < 1.29 is 23.1 Å². The number of rotatable bonds is 5. The molecule has 0 amide bonds. The van der Waals surface area contributed by atoms with Gasteiger partial charge < -0.3 is 10.4 Å². The third kappa shape index (κ3) is 4.08. The normalized spacial score (nSPS) is 14.8. The Balaban J connectivity index is 2.84. The van der Waals surface area contributed by atoms with E-state index in [4.69, 9.17) is 5.11 Å². The molecule has 0 bridgehead atoms. The van der Waals surface area contributed by atoms with Gasteiger partial charge in [-0.15, -0.1) is 10.2 Å². The predicted molar refractivity (Wildman–Crippen MR) is 61.5 cm³/mol. The van der Waals surface area contributed by atoms with Crippen LogP contribution in [0.3, 0.4) is 0 Å². The molecule has 1 aromatic heterocycles. The van der Waals surface area contributed by atoms with Gasteiger partial charge >= 0.3 is 12.1 Å². The highest BCUT2D eigenvalue weighted by Gasteiger charge is 2.33. The second kappa shape index (κ2) is 5.85. The molecule has 2 atom stereocenters. The fraction of sp³-hybridized carbons (Fsp3) is 0.545. The van der Waals surface area contributed by atoms with Gasteiger partial charge in [-0.05, 0) is 18.1 Å². The van der Waals surface area contributed by atoms with Crippen molar-refractivity contribution in [1.29, 1.82) is 0 Å². The molecular formula is C11H14F3N3O2. The number of aromatic nitrogens is 2. The van der Waals surface area contributed by atoms with E-state index in [1.807, 2.05) is 6.92 Å². The number of aliphatic carboxylic acids is 1. The van der Waals surface area contributed by atoms with Gasteiger partial charge in [0.1, 0.15) is 11.9 Å². The summed E-state index contributed by atoms with van der Waals surface area (Å²) >= 11 is 0. The lowest BCUT2D eigenvalue weighted by Crippen LogP contribution is -2.35. The van der Waals surface area contributed by atoms with Crippen LogP contribution in [0.25, 0.3) is 0 Å². The minimum Gasteiger partial charge on any atom is -0.480 e. The number of alkyl halides is 3. The van der Waals surface area contributed by atoms with Crippen molar-refractivity contribution in [2.75, 3.05) is 5.32 Å². The minimum absolute atomic E-state index is 0.000648. The van der Waals surface area contributed by atoms with Crippen molar-refractivity contribution >= 4 is 11.8 Å². The number of carboxylic acid groups (broad SMARTS) is 1. The maximum Gasteiger partial charge on any atom is 0.435 e. The first-order chi connectivity index (χ1) is 8.75. The second-order valence-electron chi connectivity index (χ2n) is 4.15. The molecular weight excluding hydrogens is 263 g/mol. The van der Waals surface area contributed by atoms with Crippen LogP contribution in [0.4, 0.5) is 19.0 Å². The molecule has 0 spiro atoms. The van der Waals surface area contributed by atoms with Gasteiger partial charge in [-0.25, -0.2) is 4.79 Å². The number of nitrogens with zero attached hydrogens (tertiary/aromatic N) is 2. The summed E-state index contributed by atoms with van der Waals surface area (Å²) in [6.45, 7) is 3.55. The van der Waals surface area contributed by atoms with E-state index >= 15 is 0 Å². The standard InChI is InChI=1S/C11H14F3N3O2/c1-3-6(2)9(10(18)19)15-8-5-4-7(16-17-8)11(12,13)14/h4-6,9H,3H2,1-2H3,(H,15,17)(H,18,19)/t6-,9-/m0/s1. The average molecular weight is 277 g/mol. The van der Waals surface area contributed by atoms with Gasteiger partial charge in [-0.2, -0.15) is 13.2 Å². The summed E-state index contributed by atoms with van der Waals surface area (Å²) in [5.41, 5.74) is -1.12. The van der Waals surface area contributed by atoms with Crippen molar-refractivity contribution in [3.63, 3.8) is 0 Å². The van der Waals surface area contributed by atoms with Crippen LogP contribution in [0, 0.1) is 5.92 Å². The van der Waals surface area contributed by atoms with Crippen LogP contribution in [-0.2, 0) is 11.0 Å². The van der Waals surface area contributed by atoms with Gasteiger partial charge in [0.05, 0.1) is 0 Å². The molecule has 106 valence electrons. The number of nitrogens with one attached hydrogen (secondary N) is 1. The number of hydrogen-bond donors (Lipinski definition) is 2. The predicted octanol–water partition coefficient (Wildman–Crippen LogP) is 2.41. The van der Waals surface area contributed by atoms with Crippen LogP contribution < -0.4 is 5.32 Å². The Kier molecular flexibility index (Phi) is 4.68. The largest absolute Gasteiger partial charge is 0.480 e. The molecule has 8 heteroatoms. The van der Waals surface area contributed by atoms with E-state index in [-0.39, 0.29) is 11.7 Å². The Morgan fingerprint density at radius 1 is 1.42 bits per heavy atom. The fourth-order valence-electron chi connectivity index (χ4n) is 1.40. The van der Waals surface area contributed by atoms with E-state index in [2.05, 4.69) is 15.5 Å². The molecule has 2 N–H and O–H groups in total. The van der Waals surface area contributed by atoms with E-state index < -0.39 is 23.9 Å². The van der Waals surface area contributed by atoms with E-state index in [0.29, 0.717) is 6.42 Å². The topological polar surface area (TPSA) is 75.1 Å². The van der Waals surface area contributed by atoms with E-state index in [0.717, 1.165) is 12.1 Å². The molecule has 0 unspecified atom stereocenters. The zero-order valence-corrected chi connectivity index (χ0v) is 10.4. The number of hydrogen-bond acceptors (Lipinski definition) is 4. The molecule has 19 heavy (non-hydrogen) atoms. The van der Waals surface area contributed by atoms with Crippen molar-refractivity contribution in [3.8, 4) is 0 Å². The molecule has 1 heterocycles. The molecule has 0 aliphatic carbocycles. The second-order valence-corrected chi connectivity index (χ2v) is 4.15. The number of carboxylic acids is 1. The highest BCUT2D eigenvalue weighted by atomic mass is 19.4.